The van der Waals surface area contributed by atoms with Crippen LogP contribution in [0.15, 0.2) is 40.9 Å². The Kier molecular flexibility index (Phi) is 6.03. The van der Waals surface area contributed by atoms with Crippen molar-refractivity contribution in [2.75, 3.05) is 43.1 Å². The molecule has 0 saturated carbocycles. The van der Waals surface area contributed by atoms with E-state index >= 15 is 0 Å². The number of anilines is 2. The molecule has 0 amide bonds. The van der Waals surface area contributed by atoms with E-state index in [2.05, 4.69) is 15.9 Å². The third-order valence-corrected chi connectivity index (χ3v) is 5.26. The Bertz CT molecular complexity index is 964. The van der Waals surface area contributed by atoms with Gasteiger partial charge >= 0.3 is 12.1 Å². The molecule has 1 fully saturated rings. The fraction of sp³-hybridized carbons (Fsp3) is 0.300. The minimum atomic E-state index is -4.49. The summed E-state index contributed by atoms with van der Waals surface area (Å²) in [5.41, 5.74) is 0.792. The average Bonchev–Trinajstić information content (AvgIpc) is 2.72. The van der Waals surface area contributed by atoms with Crippen LogP contribution in [0.1, 0.15) is 21.5 Å². The number of methoxy groups -OCH3 is 1. The first-order chi connectivity index (χ1) is 13.7. The van der Waals surface area contributed by atoms with Gasteiger partial charge in [0.25, 0.3) is 0 Å². The van der Waals surface area contributed by atoms with Crippen molar-refractivity contribution >= 4 is 33.3 Å². The molecule has 2 aromatic carbocycles. The van der Waals surface area contributed by atoms with E-state index in [4.69, 9.17) is 4.74 Å². The highest BCUT2D eigenvalue weighted by molar-refractivity contribution is 9.10. The molecule has 0 spiro atoms. The maximum absolute atomic E-state index is 12.9. The highest BCUT2D eigenvalue weighted by Gasteiger charge is 2.32. The number of alkyl halides is 3. The lowest BCUT2D eigenvalue weighted by molar-refractivity contribution is -0.137. The molecule has 1 aliphatic rings. The minimum Gasteiger partial charge on any atom is -0.465 e. The first-order valence-corrected chi connectivity index (χ1v) is 9.53. The van der Waals surface area contributed by atoms with Crippen molar-refractivity contribution < 1.29 is 22.7 Å². The smallest absolute Gasteiger partial charge is 0.416 e. The van der Waals surface area contributed by atoms with Crippen LogP contribution in [0, 0.1) is 11.3 Å². The Balaban J connectivity index is 1.80. The fourth-order valence-corrected chi connectivity index (χ4v) is 3.68. The summed E-state index contributed by atoms with van der Waals surface area (Å²) in [5.74, 6) is -0.446. The number of benzene rings is 2. The number of nitriles is 1. The van der Waals surface area contributed by atoms with Crippen molar-refractivity contribution in [2.45, 2.75) is 6.18 Å². The second-order valence-corrected chi connectivity index (χ2v) is 7.38. The predicted octanol–water partition coefficient (Wildman–Crippen LogP) is 4.45. The third-order valence-electron chi connectivity index (χ3n) is 4.77. The fourth-order valence-electron chi connectivity index (χ4n) is 3.32. The Labute approximate surface area is 174 Å². The number of hydrogen-bond donors (Lipinski definition) is 0. The Hall–Kier alpha value is -2.73. The number of rotatable bonds is 3. The maximum atomic E-state index is 12.9. The molecule has 0 N–H and O–H groups in total. The standard InChI is InChI=1S/C20H17BrF3N3O2/c1-29-19(28)16-11-15(21)3-5-18(16)27-8-6-26(7-9-27)17-4-2-14(20(22,23)24)10-13(17)12-25/h2-5,10-11H,6-9H2,1H3. The number of carbonyl (C=O) groups excluding carboxylic acids is 1. The number of nitrogens with zero attached hydrogens (tertiary/aromatic N) is 3. The van der Waals surface area contributed by atoms with E-state index in [0.29, 0.717) is 37.4 Å². The van der Waals surface area contributed by atoms with Crippen LogP contribution in [-0.2, 0) is 10.9 Å². The van der Waals surface area contributed by atoms with Crippen LogP contribution in [0.5, 0.6) is 0 Å². The summed E-state index contributed by atoms with van der Waals surface area (Å²) in [7, 11) is 1.32. The molecule has 0 unspecified atom stereocenters. The van der Waals surface area contributed by atoms with E-state index in [1.807, 2.05) is 28.0 Å². The van der Waals surface area contributed by atoms with Crippen molar-refractivity contribution in [1.82, 2.24) is 0 Å². The zero-order valence-corrected chi connectivity index (χ0v) is 17.0. The van der Waals surface area contributed by atoms with Crippen LogP contribution in [-0.4, -0.2) is 39.3 Å². The van der Waals surface area contributed by atoms with E-state index in [1.54, 1.807) is 6.07 Å². The summed E-state index contributed by atoms with van der Waals surface area (Å²) in [4.78, 5) is 16.0. The van der Waals surface area contributed by atoms with Crippen LogP contribution in [0.4, 0.5) is 24.5 Å². The van der Waals surface area contributed by atoms with E-state index in [0.717, 1.165) is 22.3 Å². The van der Waals surface area contributed by atoms with Gasteiger partial charge in [-0.2, -0.15) is 18.4 Å². The molecule has 152 valence electrons. The van der Waals surface area contributed by atoms with Gasteiger partial charge in [0.1, 0.15) is 6.07 Å². The van der Waals surface area contributed by atoms with Crippen LogP contribution in [0.25, 0.3) is 0 Å². The zero-order valence-electron chi connectivity index (χ0n) is 15.5. The van der Waals surface area contributed by atoms with Crippen molar-refractivity contribution in [2.24, 2.45) is 0 Å². The number of ether oxygens (including phenoxy) is 1. The number of carbonyl (C=O) groups is 1. The zero-order chi connectivity index (χ0) is 21.2. The highest BCUT2D eigenvalue weighted by atomic mass is 79.9. The van der Waals surface area contributed by atoms with Gasteiger partial charge in [0.15, 0.2) is 0 Å². The lowest BCUT2D eigenvalue weighted by Gasteiger charge is -2.38. The minimum absolute atomic E-state index is 0.00725. The van der Waals surface area contributed by atoms with Crippen molar-refractivity contribution in [3.8, 4) is 6.07 Å². The third kappa shape index (κ3) is 4.48. The number of hydrogen-bond acceptors (Lipinski definition) is 5. The SMILES string of the molecule is COC(=O)c1cc(Br)ccc1N1CCN(c2ccc(C(F)(F)F)cc2C#N)CC1. The predicted molar refractivity (Wildman–Crippen MR) is 106 cm³/mol. The van der Waals surface area contributed by atoms with E-state index in [9.17, 15) is 23.2 Å². The molecule has 1 heterocycles. The molecule has 0 atom stereocenters. The summed E-state index contributed by atoms with van der Waals surface area (Å²) >= 11 is 3.35. The molecule has 0 aliphatic carbocycles. The van der Waals surface area contributed by atoms with Crippen LogP contribution in [0.3, 0.4) is 0 Å². The molecule has 2 aromatic rings. The van der Waals surface area contributed by atoms with Gasteiger partial charge in [-0.25, -0.2) is 4.79 Å². The first kappa shape index (κ1) is 21.0. The van der Waals surface area contributed by atoms with Gasteiger partial charge in [-0.15, -0.1) is 0 Å². The highest BCUT2D eigenvalue weighted by Crippen LogP contribution is 2.33. The Morgan fingerprint density at radius 3 is 2.21 bits per heavy atom. The van der Waals surface area contributed by atoms with Crippen LogP contribution in [0.2, 0.25) is 0 Å². The average molecular weight is 468 g/mol. The lowest BCUT2D eigenvalue weighted by Crippen LogP contribution is -2.47. The number of piperazine rings is 1. The van der Waals surface area contributed by atoms with E-state index < -0.39 is 17.7 Å². The summed E-state index contributed by atoms with van der Waals surface area (Å²) in [6, 6.07) is 10.4. The molecule has 0 radical (unpaired) electrons. The van der Waals surface area contributed by atoms with E-state index in [1.165, 1.54) is 13.2 Å². The molecule has 0 aromatic heterocycles. The van der Waals surface area contributed by atoms with Gasteiger partial charge in [-0.3, -0.25) is 0 Å². The lowest BCUT2D eigenvalue weighted by atomic mass is 10.1. The molecule has 0 bridgehead atoms. The molecular weight excluding hydrogens is 451 g/mol. The molecule has 3 rings (SSSR count). The van der Waals surface area contributed by atoms with Crippen LogP contribution >= 0.6 is 15.9 Å². The van der Waals surface area contributed by atoms with Crippen molar-refractivity contribution in [3.63, 3.8) is 0 Å². The summed E-state index contributed by atoms with van der Waals surface area (Å²) < 4.78 is 44.3. The monoisotopic (exact) mass is 467 g/mol. The summed E-state index contributed by atoms with van der Waals surface area (Å²) in [5, 5.41) is 9.31. The molecule has 5 nitrogen and oxygen atoms in total. The Morgan fingerprint density at radius 1 is 1.07 bits per heavy atom. The van der Waals surface area contributed by atoms with Gasteiger partial charge in [-0.05, 0) is 36.4 Å². The Morgan fingerprint density at radius 2 is 1.66 bits per heavy atom. The quantitative estimate of drug-likeness (QED) is 0.624. The van der Waals surface area contributed by atoms with Gasteiger partial charge in [0, 0.05) is 30.7 Å². The molecule has 9 heteroatoms. The number of esters is 1. The largest absolute Gasteiger partial charge is 0.465 e. The summed E-state index contributed by atoms with van der Waals surface area (Å²) in [6.07, 6.45) is -4.49. The van der Waals surface area contributed by atoms with E-state index in [-0.39, 0.29) is 5.56 Å². The van der Waals surface area contributed by atoms with Gasteiger partial charge in [0.05, 0.1) is 35.2 Å². The molecule has 1 aliphatic heterocycles. The molecule has 1 saturated heterocycles. The van der Waals surface area contributed by atoms with Gasteiger partial charge < -0.3 is 14.5 Å². The molecular formula is C20H17BrF3N3O2. The molecule has 29 heavy (non-hydrogen) atoms. The van der Waals surface area contributed by atoms with Gasteiger partial charge in [0.2, 0.25) is 0 Å². The van der Waals surface area contributed by atoms with Gasteiger partial charge in [-0.1, -0.05) is 15.9 Å². The normalized spacial score (nSPS) is 14.5. The second kappa shape index (κ2) is 8.33. The first-order valence-electron chi connectivity index (χ1n) is 8.73. The van der Waals surface area contributed by atoms with Crippen molar-refractivity contribution in [3.05, 3.63) is 57.6 Å². The topological polar surface area (TPSA) is 56.6 Å². The van der Waals surface area contributed by atoms with Crippen LogP contribution < -0.4 is 9.80 Å². The number of halogens is 4. The summed E-state index contributed by atoms with van der Waals surface area (Å²) in [6.45, 7) is 2.07. The maximum Gasteiger partial charge on any atom is 0.416 e. The van der Waals surface area contributed by atoms with Crippen molar-refractivity contribution in [1.29, 1.82) is 5.26 Å². The second-order valence-electron chi connectivity index (χ2n) is 6.47.